The third-order valence-corrected chi connectivity index (χ3v) is 20.5. The van der Waals surface area contributed by atoms with E-state index in [9.17, 15) is 0 Å². The van der Waals surface area contributed by atoms with Gasteiger partial charge in [0.1, 0.15) is 16.1 Å². The summed E-state index contributed by atoms with van der Waals surface area (Å²) in [6.07, 6.45) is 0. The van der Waals surface area contributed by atoms with E-state index in [0.29, 0.717) is 0 Å². The maximum atomic E-state index is 2.69. The number of rotatable bonds is 2. The normalized spacial score (nSPS) is 15.2. The molecule has 0 saturated carbocycles. The number of benzene rings is 8. The standard InChI is InChI=1S/C48H37NSSi2/c1-51(2)43-27-32(36-20-11-15-30-13-5-7-17-34(30)36)23-25-40(43)49-41-26-24-33(37-21-12-16-31-14-6-8-18-35(31)37)28-44(41)52(3,4)48-46(49)45(51)29-39-38-19-9-10-22-42(38)50-47(39)48/h5-29H,1-4H3. The lowest BCUT2D eigenvalue weighted by atomic mass is 9.97. The van der Waals surface area contributed by atoms with Crippen LogP contribution in [0.15, 0.2) is 152 Å². The Bertz CT molecular complexity index is 2970. The van der Waals surface area contributed by atoms with E-state index in [2.05, 4.69) is 183 Å². The van der Waals surface area contributed by atoms with Crippen LogP contribution in [0.2, 0.25) is 26.2 Å². The van der Waals surface area contributed by atoms with Crippen LogP contribution in [0.1, 0.15) is 0 Å². The van der Waals surface area contributed by atoms with Gasteiger partial charge in [0.25, 0.3) is 0 Å². The van der Waals surface area contributed by atoms with Crippen LogP contribution in [0.4, 0.5) is 17.1 Å². The van der Waals surface area contributed by atoms with Gasteiger partial charge in [-0.3, -0.25) is 0 Å². The average molecular weight is 716 g/mol. The van der Waals surface area contributed by atoms with Gasteiger partial charge in [-0.2, -0.15) is 0 Å². The Labute approximate surface area is 310 Å². The zero-order chi connectivity index (χ0) is 34.9. The van der Waals surface area contributed by atoms with Gasteiger partial charge in [0.15, 0.2) is 0 Å². The Morgan fingerprint density at radius 1 is 0.442 bits per heavy atom. The topological polar surface area (TPSA) is 3.24 Å². The Kier molecular flexibility index (Phi) is 6.22. The summed E-state index contributed by atoms with van der Waals surface area (Å²) in [6.45, 7) is 10.4. The molecule has 0 radical (unpaired) electrons. The first-order valence-corrected chi connectivity index (χ1v) is 25.2. The number of nitrogens with zero attached hydrogens (tertiary/aromatic N) is 1. The number of anilines is 3. The summed E-state index contributed by atoms with van der Waals surface area (Å²) in [7, 11) is -4.42. The van der Waals surface area contributed by atoms with Crippen molar-refractivity contribution in [3.63, 3.8) is 0 Å². The zero-order valence-corrected chi connectivity index (χ0v) is 32.6. The molecule has 1 aromatic heterocycles. The van der Waals surface area contributed by atoms with Crippen molar-refractivity contribution >= 4 is 107 Å². The minimum Gasteiger partial charge on any atom is -0.311 e. The van der Waals surface area contributed by atoms with Gasteiger partial charge in [-0.25, -0.2) is 0 Å². The smallest absolute Gasteiger partial charge is 0.119 e. The SMILES string of the molecule is C[Si]1(C)c2cc(-c3cccc4ccccc34)ccc2N2c3ccc(-c4cccc5ccccc45)cc3[Si](C)(C)c3c2c1cc1c3sc2ccccc21. The fraction of sp³-hybridized carbons (Fsp3) is 0.0833. The highest BCUT2D eigenvalue weighted by Gasteiger charge is 2.48. The number of fused-ring (bicyclic) bond motifs is 10. The minimum absolute atomic E-state index is 1.29. The highest BCUT2D eigenvalue weighted by Crippen LogP contribution is 2.47. The van der Waals surface area contributed by atoms with Crippen molar-refractivity contribution in [1.29, 1.82) is 0 Å². The Balaban J connectivity index is 1.23. The van der Waals surface area contributed by atoms with Crippen LogP contribution in [0.25, 0.3) is 64.0 Å². The second-order valence-corrected chi connectivity index (χ2v) is 25.4. The van der Waals surface area contributed by atoms with Crippen molar-refractivity contribution in [3.8, 4) is 22.3 Å². The first kappa shape index (κ1) is 30.4. The summed E-state index contributed by atoms with van der Waals surface area (Å²) in [4.78, 5) is 2.69. The molecule has 4 heteroatoms. The monoisotopic (exact) mass is 715 g/mol. The Morgan fingerprint density at radius 3 is 1.58 bits per heavy atom. The van der Waals surface area contributed by atoms with Crippen LogP contribution in [0.5, 0.6) is 0 Å². The third kappa shape index (κ3) is 4.03. The summed E-state index contributed by atoms with van der Waals surface area (Å²) in [5, 5.41) is 14.3. The van der Waals surface area contributed by atoms with Gasteiger partial charge >= 0.3 is 0 Å². The molecule has 0 bridgehead atoms. The number of thiophene rings is 1. The second-order valence-electron chi connectivity index (χ2n) is 15.7. The van der Waals surface area contributed by atoms with Crippen LogP contribution in [0.3, 0.4) is 0 Å². The van der Waals surface area contributed by atoms with Gasteiger partial charge in [-0.15, -0.1) is 11.3 Å². The van der Waals surface area contributed by atoms with E-state index >= 15 is 0 Å². The first-order chi connectivity index (χ1) is 25.3. The largest absolute Gasteiger partial charge is 0.311 e. The van der Waals surface area contributed by atoms with Gasteiger partial charge in [0.2, 0.25) is 0 Å². The van der Waals surface area contributed by atoms with E-state index in [4.69, 9.17) is 0 Å². The van der Waals surface area contributed by atoms with Crippen molar-refractivity contribution in [2.45, 2.75) is 26.2 Å². The summed E-state index contributed by atoms with van der Waals surface area (Å²) < 4.78 is 2.88. The third-order valence-electron chi connectivity index (χ3n) is 12.2. The molecule has 0 saturated heterocycles. The highest BCUT2D eigenvalue weighted by molar-refractivity contribution is 7.28. The van der Waals surface area contributed by atoms with Crippen molar-refractivity contribution in [2.75, 3.05) is 4.90 Å². The predicted molar refractivity (Wildman–Crippen MR) is 233 cm³/mol. The molecule has 0 aliphatic carbocycles. The maximum absolute atomic E-state index is 2.69. The maximum Gasteiger partial charge on any atom is 0.119 e. The quantitative estimate of drug-likeness (QED) is 0.161. The Morgan fingerprint density at radius 2 is 0.962 bits per heavy atom. The molecule has 8 aromatic carbocycles. The molecular weight excluding hydrogens is 679 g/mol. The van der Waals surface area contributed by atoms with Gasteiger partial charge < -0.3 is 4.90 Å². The molecular formula is C48H37NSSi2. The predicted octanol–water partition coefficient (Wildman–Crippen LogP) is 11.4. The number of hydrogen-bond donors (Lipinski definition) is 0. The molecule has 0 N–H and O–H groups in total. The minimum atomic E-state index is -2.23. The van der Waals surface area contributed by atoms with Gasteiger partial charge in [0.05, 0.1) is 0 Å². The molecule has 0 unspecified atom stereocenters. The van der Waals surface area contributed by atoms with Crippen LogP contribution < -0.4 is 25.6 Å². The summed E-state index contributed by atoms with van der Waals surface area (Å²) in [5.41, 5.74) is 9.44. The van der Waals surface area contributed by atoms with Crippen LogP contribution in [0, 0.1) is 0 Å². The fourth-order valence-electron chi connectivity index (χ4n) is 9.54. The van der Waals surface area contributed by atoms with E-state index in [1.807, 2.05) is 11.3 Å². The van der Waals surface area contributed by atoms with E-state index < -0.39 is 16.1 Å². The van der Waals surface area contributed by atoms with Crippen molar-refractivity contribution < 1.29 is 0 Å². The molecule has 0 spiro atoms. The van der Waals surface area contributed by atoms with Crippen LogP contribution in [-0.2, 0) is 0 Å². The first-order valence-electron chi connectivity index (χ1n) is 18.4. The lowest BCUT2D eigenvalue weighted by Crippen LogP contribution is -2.66. The Hall–Kier alpha value is -5.27. The van der Waals surface area contributed by atoms with Crippen molar-refractivity contribution in [2.24, 2.45) is 0 Å². The van der Waals surface area contributed by atoms with E-state index in [-0.39, 0.29) is 0 Å². The molecule has 11 rings (SSSR count). The number of hydrogen-bond acceptors (Lipinski definition) is 2. The molecule has 3 heterocycles. The zero-order valence-electron chi connectivity index (χ0n) is 29.8. The lowest BCUT2D eigenvalue weighted by Gasteiger charge is -2.49. The molecule has 0 atom stereocenters. The van der Waals surface area contributed by atoms with Crippen LogP contribution >= 0.6 is 11.3 Å². The summed E-state index contributed by atoms with van der Waals surface area (Å²) in [5.74, 6) is 0. The fourth-order valence-corrected chi connectivity index (χ4v) is 17.9. The summed E-state index contributed by atoms with van der Waals surface area (Å²) in [6, 6.07) is 57.6. The molecule has 0 fully saturated rings. The molecule has 52 heavy (non-hydrogen) atoms. The highest BCUT2D eigenvalue weighted by atomic mass is 32.1. The second kappa shape index (κ2) is 10.6. The van der Waals surface area contributed by atoms with E-state index in [1.54, 1.807) is 10.4 Å². The molecule has 9 aromatic rings. The van der Waals surface area contributed by atoms with Gasteiger partial charge in [-0.05, 0) is 82.7 Å². The van der Waals surface area contributed by atoms with Gasteiger partial charge in [-0.1, -0.05) is 160 Å². The van der Waals surface area contributed by atoms with Crippen molar-refractivity contribution in [3.05, 3.63) is 152 Å². The summed E-state index contributed by atoms with van der Waals surface area (Å²) >= 11 is 2.01. The van der Waals surface area contributed by atoms with Crippen LogP contribution in [-0.4, -0.2) is 16.1 Å². The van der Waals surface area contributed by atoms with E-state index in [1.165, 1.54) is 91.4 Å². The van der Waals surface area contributed by atoms with Gasteiger partial charge in [0, 0.05) is 37.2 Å². The molecule has 248 valence electrons. The molecule has 2 aliphatic rings. The molecule has 1 nitrogen and oxygen atoms in total. The van der Waals surface area contributed by atoms with E-state index in [0.717, 1.165) is 0 Å². The van der Waals surface area contributed by atoms with Crippen molar-refractivity contribution in [1.82, 2.24) is 0 Å². The average Bonchev–Trinajstić information content (AvgIpc) is 3.55. The molecule has 2 aliphatic heterocycles. The lowest BCUT2D eigenvalue weighted by molar-refractivity contribution is 1.29. The molecule has 0 amide bonds.